The van der Waals surface area contributed by atoms with Gasteiger partial charge in [-0.05, 0) is 96.7 Å². The molecule has 0 spiro atoms. The van der Waals surface area contributed by atoms with Gasteiger partial charge < -0.3 is 9.47 Å². The van der Waals surface area contributed by atoms with Crippen LogP contribution >= 0.6 is 0 Å². The summed E-state index contributed by atoms with van der Waals surface area (Å²) < 4.78 is 11.4. The Hall–Kier alpha value is -1.32. The van der Waals surface area contributed by atoms with Crippen LogP contribution in [0, 0.1) is 56.2 Å². The number of ether oxygens (including phenoxy) is 2. The molecule has 0 unspecified atom stereocenters. The molecule has 4 fully saturated rings. The minimum absolute atomic E-state index is 0.000259. The van der Waals surface area contributed by atoms with Gasteiger partial charge in [-0.15, -0.1) is 0 Å². The van der Waals surface area contributed by atoms with Crippen molar-refractivity contribution < 1.29 is 19.1 Å². The molecule has 0 amide bonds. The Morgan fingerprint density at radius 3 is 2.11 bits per heavy atom. The van der Waals surface area contributed by atoms with E-state index in [1.54, 1.807) is 13.2 Å². The number of hydrogen-bond acceptors (Lipinski definition) is 4. The Balaban J connectivity index is 1.64. The molecule has 0 radical (unpaired) electrons. The standard InChI is InChI=1S/C32H50O4/c1-20-21(33)18-22(35-8)25-29(5)15-17-31(7)24-19-27(2,3)12-13-28(24,4)14-16-30(31,6)23(29)10-11-32(20,25)26(34)36-9/h18,20,23-25H,10-17,19H2,1-9H3/t20-,23-,24+,25-,28+,29+,30+,31-,32-/m0/s1. The summed E-state index contributed by atoms with van der Waals surface area (Å²) in [5.41, 5.74) is 0.367. The molecule has 5 rings (SSSR count). The Morgan fingerprint density at radius 1 is 0.861 bits per heavy atom. The smallest absolute Gasteiger partial charge is 0.313 e. The molecule has 4 saturated carbocycles. The Labute approximate surface area is 219 Å². The van der Waals surface area contributed by atoms with Crippen LogP contribution in [-0.2, 0) is 19.1 Å². The SMILES string of the molecule is COC(=O)[C@]12CC[C@H]3[C@@](C)(CC[C@@]4(C)[C@@H]5CC(C)(C)CC[C@]5(C)CC[C@]34C)[C@@H]1C(OC)=CC(=O)[C@@H]2C. The first kappa shape index (κ1) is 26.3. The molecule has 0 bridgehead atoms. The first-order valence-corrected chi connectivity index (χ1v) is 14.5. The zero-order valence-electron chi connectivity index (χ0n) is 24.4. The highest BCUT2D eigenvalue weighted by Gasteiger charge is 2.74. The lowest BCUT2D eigenvalue weighted by Crippen LogP contribution is -2.69. The van der Waals surface area contributed by atoms with Crippen molar-refractivity contribution in [3.8, 4) is 0 Å². The maximum Gasteiger partial charge on any atom is 0.313 e. The van der Waals surface area contributed by atoms with E-state index in [2.05, 4.69) is 41.5 Å². The van der Waals surface area contributed by atoms with Crippen molar-refractivity contribution in [3.05, 3.63) is 11.8 Å². The largest absolute Gasteiger partial charge is 0.501 e. The fourth-order valence-electron chi connectivity index (χ4n) is 11.2. The van der Waals surface area contributed by atoms with E-state index in [0.717, 1.165) is 18.8 Å². The van der Waals surface area contributed by atoms with E-state index in [-0.39, 0.29) is 39.8 Å². The van der Waals surface area contributed by atoms with Crippen LogP contribution in [-0.4, -0.2) is 26.0 Å². The molecular weight excluding hydrogens is 448 g/mol. The normalized spacial score (nSPS) is 51.6. The molecule has 5 aliphatic rings. The quantitative estimate of drug-likeness (QED) is 0.373. The highest BCUT2D eigenvalue weighted by atomic mass is 16.5. The second kappa shape index (κ2) is 7.85. The summed E-state index contributed by atoms with van der Waals surface area (Å²) in [6.45, 7) is 17.2. The van der Waals surface area contributed by atoms with Crippen LogP contribution < -0.4 is 0 Å². The number of allylic oxidation sites excluding steroid dienone is 2. The monoisotopic (exact) mass is 498 g/mol. The fourth-order valence-corrected chi connectivity index (χ4v) is 11.2. The summed E-state index contributed by atoms with van der Waals surface area (Å²) in [6.07, 6.45) is 12.2. The van der Waals surface area contributed by atoms with Gasteiger partial charge >= 0.3 is 5.97 Å². The molecule has 9 atom stereocenters. The molecule has 36 heavy (non-hydrogen) atoms. The molecule has 4 nitrogen and oxygen atoms in total. The van der Waals surface area contributed by atoms with E-state index in [0.29, 0.717) is 28.9 Å². The van der Waals surface area contributed by atoms with E-state index >= 15 is 0 Å². The van der Waals surface area contributed by atoms with Crippen LogP contribution in [0.4, 0.5) is 0 Å². The van der Waals surface area contributed by atoms with Gasteiger partial charge in [0, 0.05) is 17.9 Å². The van der Waals surface area contributed by atoms with Gasteiger partial charge in [0.25, 0.3) is 0 Å². The summed E-state index contributed by atoms with van der Waals surface area (Å²) in [6, 6.07) is 0. The predicted octanol–water partition coefficient (Wildman–Crippen LogP) is 7.36. The predicted molar refractivity (Wildman–Crippen MR) is 142 cm³/mol. The van der Waals surface area contributed by atoms with E-state index < -0.39 is 5.41 Å². The number of ketones is 1. The van der Waals surface area contributed by atoms with Crippen LogP contribution in [0.3, 0.4) is 0 Å². The van der Waals surface area contributed by atoms with Gasteiger partial charge in [0.1, 0.15) is 5.76 Å². The first-order valence-electron chi connectivity index (χ1n) is 14.5. The Morgan fingerprint density at radius 2 is 1.47 bits per heavy atom. The number of fused-ring (bicyclic) bond motifs is 7. The summed E-state index contributed by atoms with van der Waals surface area (Å²) in [5, 5.41) is 0. The summed E-state index contributed by atoms with van der Waals surface area (Å²) in [4.78, 5) is 26.8. The summed E-state index contributed by atoms with van der Waals surface area (Å²) in [7, 11) is 3.16. The maximum atomic E-state index is 13.6. The number of hydrogen-bond donors (Lipinski definition) is 0. The van der Waals surface area contributed by atoms with Gasteiger partial charge in [-0.2, -0.15) is 0 Å². The molecule has 0 aromatic carbocycles. The average Bonchev–Trinajstić information content (AvgIpc) is 2.83. The van der Waals surface area contributed by atoms with Crippen molar-refractivity contribution in [2.45, 2.75) is 106 Å². The third kappa shape index (κ3) is 3.05. The van der Waals surface area contributed by atoms with Crippen molar-refractivity contribution in [1.82, 2.24) is 0 Å². The van der Waals surface area contributed by atoms with Crippen LogP contribution in [0.25, 0.3) is 0 Å². The molecule has 0 aromatic heterocycles. The van der Waals surface area contributed by atoms with E-state index in [9.17, 15) is 9.59 Å². The van der Waals surface area contributed by atoms with E-state index in [4.69, 9.17) is 9.47 Å². The van der Waals surface area contributed by atoms with Gasteiger partial charge in [0.05, 0.1) is 19.6 Å². The zero-order valence-corrected chi connectivity index (χ0v) is 24.4. The molecular formula is C32H50O4. The lowest BCUT2D eigenvalue weighted by atomic mass is 9.30. The lowest BCUT2D eigenvalue weighted by Gasteiger charge is -2.74. The number of esters is 1. The molecule has 0 saturated heterocycles. The Kier molecular flexibility index (Phi) is 5.74. The van der Waals surface area contributed by atoms with Crippen molar-refractivity contribution in [1.29, 1.82) is 0 Å². The van der Waals surface area contributed by atoms with Crippen molar-refractivity contribution in [3.63, 3.8) is 0 Å². The van der Waals surface area contributed by atoms with Gasteiger partial charge in [-0.3, -0.25) is 9.59 Å². The van der Waals surface area contributed by atoms with Crippen LogP contribution in [0.1, 0.15) is 106 Å². The highest BCUT2D eigenvalue weighted by Crippen LogP contribution is 2.78. The molecule has 5 aliphatic carbocycles. The topological polar surface area (TPSA) is 52.6 Å². The summed E-state index contributed by atoms with van der Waals surface area (Å²) >= 11 is 0. The minimum atomic E-state index is -0.836. The van der Waals surface area contributed by atoms with Crippen molar-refractivity contribution in [2.24, 2.45) is 56.2 Å². The van der Waals surface area contributed by atoms with Crippen molar-refractivity contribution >= 4 is 11.8 Å². The summed E-state index contributed by atoms with van der Waals surface area (Å²) in [5.74, 6) is 1.20. The van der Waals surface area contributed by atoms with Crippen molar-refractivity contribution in [2.75, 3.05) is 14.2 Å². The number of rotatable bonds is 2. The third-order valence-electron chi connectivity index (χ3n) is 13.6. The molecule has 202 valence electrons. The average molecular weight is 499 g/mol. The molecule has 0 N–H and O–H groups in total. The van der Waals surface area contributed by atoms with Crippen LogP contribution in [0.5, 0.6) is 0 Å². The third-order valence-corrected chi connectivity index (χ3v) is 13.6. The molecule has 0 aliphatic heterocycles. The van der Waals surface area contributed by atoms with Gasteiger partial charge in [-0.1, -0.05) is 48.5 Å². The second-order valence-electron chi connectivity index (χ2n) is 15.3. The van der Waals surface area contributed by atoms with E-state index in [1.807, 2.05) is 6.92 Å². The van der Waals surface area contributed by atoms with Crippen LogP contribution in [0.2, 0.25) is 0 Å². The lowest BCUT2D eigenvalue weighted by molar-refractivity contribution is -0.255. The van der Waals surface area contributed by atoms with Gasteiger partial charge in [0.15, 0.2) is 5.78 Å². The molecule has 4 heteroatoms. The number of carbonyl (C=O) groups excluding carboxylic acids is 2. The minimum Gasteiger partial charge on any atom is -0.501 e. The number of methoxy groups -OCH3 is 2. The van der Waals surface area contributed by atoms with E-state index in [1.165, 1.54) is 45.6 Å². The van der Waals surface area contributed by atoms with Crippen LogP contribution in [0.15, 0.2) is 11.8 Å². The zero-order chi connectivity index (χ0) is 26.5. The first-order chi connectivity index (χ1) is 16.7. The number of carbonyl (C=O) groups is 2. The van der Waals surface area contributed by atoms with Gasteiger partial charge in [-0.25, -0.2) is 0 Å². The highest BCUT2D eigenvalue weighted by molar-refractivity contribution is 5.98. The van der Waals surface area contributed by atoms with Gasteiger partial charge in [0.2, 0.25) is 0 Å². The second-order valence-corrected chi connectivity index (χ2v) is 15.3. The molecule has 0 aromatic rings. The fraction of sp³-hybridized carbons (Fsp3) is 0.875. The Bertz CT molecular complexity index is 996. The molecule has 0 heterocycles. The maximum absolute atomic E-state index is 13.6.